The first-order chi connectivity index (χ1) is 14.1. The third kappa shape index (κ3) is 5.38. The van der Waals surface area contributed by atoms with E-state index in [-0.39, 0.29) is 11.9 Å². The van der Waals surface area contributed by atoms with Gasteiger partial charge in [0.05, 0.1) is 25.6 Å². The van der Waals surface area contributed by atoms with Crippen molar-refractivity contribution in [1.29, 1.82) is 0 Å². The number of aromatic nitrogens is 2. The monoisotopic (exact) mass is 413 g/mol. The van der Waals surface area contributed by atoms with E-state index < -0.39 is 5.79 Å². The molecule has 1 fully saturated rings. The second-order valence-corrected chi connectivity index (χ2v) is 8.30. The molecule has 0 amide bonds. The maximum Gasteiger partial charge on any atom is 0.187 e. The first-order valence-electron chi connectivity index (χ1n) is 9.61. The number of aryl methyl sites for hydroxylation is 1. The molecule has 2 atom stereocenters. The van der Waals surface area contributed by atoms with Gasteiger partial charge in [-0.05, 0) is 48.4 Å². The van der Waals surface area contributed by atoms with Crippen molar-refractivity contribution in [2.24, 2.45) is 0 Å². The maximum atomic E-state index is 13.2. The van der Waals surface area contributed by atoms with E-state index in [2.05, 4.69) is 4.98 Å². The smallest absolute Gasteiger partial charge is 0.187 e. The molecule has 0 unspecified atom stereocenters. The molecule has 0 spiro atoms. The van der Waals surface area contributed by atoms with Crippen LogP contribution in [0.1, 0.15) is 12.0 Å². The Kier molecular flexibility index (Phi) is 6.18. The van der Waals surface area contributed by atoms with Gasteiger partial charge in [-0.25, -0.2) is 9.37 Å². The zero-order chi connectivity index (χ0) is 20.1. The highest BCUT2D eigenvalue weighted by Gasteiger charge is 2.41. The predicted octanol–water partition coefficient (Wildman–Crippen LogP) is 4.14. The minimum Gasteiger partial charge on any atom is -0.399 e. The number of benzene rings is 2. The van der Waals surface area contributed by atoms with Crippen LogP contribution in [0.25, 0.3) is 0 Å². The average molecular weight is 414 g/mol. The van der Waals surface area contributed by atoms with Crippen molar-refractivity contribution in [2.75, 3.05) is 18.1 Å². The quantitative estimate of drug-likeness (QED) is 0.444. The van der Waals surface area contributed by atoms with Gasteiger partial charge in [0, 0.05) is 35.2 Å². The van der Waals surface area contributed by atoms with Crippen molar-refractivity contribution in [1.82, 2.24) is 9.55 Å². The molecular weight excluding hydrogens is 389 g/mol. The molecule has 1 aromatic heterocycles. The highest BCUT2D eigenvalue weighted by Crippen LogP contribution is 2.33. The van der Waals surface area contributed by atoms with E-state index in [1.54, 1.807) is 24.3 Å². The Morgan fingerprint density at radius 1 is 1.17 bits per heavy atom. The van der Waals surface area contributed by atoms with Crippen molar-refractivity contribution in [3.8, 4) is 0 Å². The standard InChI is InChI=1S/C22H24FN3O2S/c23-18-3-1-17(2-4-18)9-10-22(15-26-12-11-25-16-26)27-13-20(28-22)14-29-21-7-5-19(24)6-8-21/h1-8,11-12,16,20H,9-10,13-15,24H2/t20-,22-/m0/s1. The molecule has 1 aliphatic heterocycles. The van der Waals surface area contributed by atoms with Crippen LogP contribution >= 0.6 is 11.8 Å². The van der Waals surface area contributed by atoms with Gasteiger partial charge in [0.25, 0.3) is 0 Å². The van der Waals surface area contributed by atoms with Crippen molar-refractivity contribution >= 4 is 17.4 Å². The third-order valence-corrected chi connectivity index (χ3v) is 6.06. The fourth-order valence-electron chi connectivity index (χ4n) is 3.39. The summed E-state index contributed by atoms with van der Waals surface area (Å²) in [5.74, 6) is -0.150. The van der Waals surface area contributed by atoms with Gasteiger partial charge >= 0.3 is 0 Å². The van der Waals surface area contributed by atoms with Crippen molar-refractivity contribution < 1.29 is 13.9 Å². The summed E-state index contributed by atoms with van der Waals surface area (Å²) >= 11 is 1.73. The van der Waals surface area contributed by atoms with Crippen molar-refractivity contribution in [3.63, 3.8) is 0 Å². The Bertz CT molecular complexity index is 903. The summed E-state index contributed by atoms with van der Waals surface area (Å²) in [5.41, 5.74) is 7.57. The molecule has 2 N–H and O–H groups in total. The van der Waals surface area contributed by atoms with Crippen LogP contribution in [-0.4, -0.2) is 33.8 Å². The fraction of sp³-hybridized carbons (Fsp3) is 0.318. The molecule has 0 aliphatic carbocycles. The van der Waals surface area contributed by atoms with E-state index in [9.17, 15) is 4.39 Å². The van der Waals surface area contributed by atoms with E-state index in [0.717, 1.165) is 28.3 Å². The van der Waals surface area contributed by atoms with E-state index in [0.29, 0.717) is 19.6 Å². The van der Waals surface area contributed by atoms with E-state index in [1.807, 2.05) is 47.2 Å². The molecule has 3 aromatic rings. The summed E-state index contributed by atoms with van der Waals surface area (Å²) in [6.45, 7) is 1.11. The minimum atomic E-state index is -0.721. The van der Waals surface area contributed by atoms with Gasteiger partial charge < -0.3 is 19.8 Å². The lowest BCUT2D eigenvalue weighted by molar-refractivity contribution is -0.180. The molecule has 1 saturated heterocycles. The second kappa shape index (κ2) is 8.98. The van der Waals surface area contributed by atoms with Gasteiger partial charge in [-0.3, -0.25) is 0 Å². The van der Waals surface area contributed by atoms with Crippen LogP contribution in [0.3, 0.4) is 0 Å². The summed E-state index contributed by atoms with van der Waals surface area (Å²) in [6, 6.07) is 14.4. The first kappa shape index (κ1) is 19.9. The predicted molar refractivity (Wildman–Crippen MR) is 112 cm³/mol. The summed E-state index contributed by atoms with van der Waals surface area (Å²) in [4.78, 5) is 5.28. The van der Waals surface area contributed by atoms with Crippen LogP contribution in [0.5, 0.6) is 0 Å². The summed E-state index contributed by atoms with van der Waals surface area (Å²) in [6.07, 6.45) is 6.84. The molecule has 29 heavy (non-hydrogen) atoms. The molecule has 2 aromatic carbocycles. The van der Waals surface area contributed by atoms with Crippen LogP contribution in [0.4, 0.5) is 10.1 Å². The SMILES string of the molecule is Nc1ccc(SC[C@@H]2CO[C@](CCc3ccc(F)cc3)(Cn3ccnc3)O2)cc1. The lowest BCUT2D eigenvalue weighted by Crippen LogP contribution is -2.37. The Labute approximate surface area is 174 Å². The van der Waals surface area contributed by atoms with Gasteiger partial charge in [-0.15, -0.1) is 11.8 Å². The molecule has 7 heteroatoms. The van der Waals surface area contributed by atoms with Gasteiger partial charge in [0.15, 0.2) is 5.79 Å². The van der Waals surface area contributed by atoms with E-state index in [1.165, 1.54) is 12.1 Å². The number of imidazole rings is 1. The summed E-state index contributed by atoms with van der Waals surface area (Å²) < 4.78 is 27.8. The molecule has 0 bridgehead atoms. The van der Waals surface area contributed by atoms with Crippen LogP contribution in [0.2, 0.25) is 0 Å². The largest absolute Gasteiger partial charge is 0.399 e. The third-order valence-electron chi connectivity index (χ3n) is 4.92. The van der Waals surface area contributed by atoms with E-state index >= 15 is 0 Å². The zero-order valence-electron chi connectivity index (χ0n) is 16.0. The molecule has 2 heterocycles. The van der Waals surface area contributed by atoms with Crippen molar-refractivity contribution in [2.45, 2.75) is 36.2 Å². The molecule has 4 rings (SSSR count). The van der Waals surface area contributed by atoms with Gasteiger partial charge in [0.1, 0.15) is 5.82 Å². The number of thioether (sulfide) groups is 1. The lowest BCUT2D eigenvalue weighted by atomic mass is 10.0. The molecule has 0 saturated carbocycles. The molecule has 1 aliphatic rings. The molecule has 5 nitrogen and oxygen atoms in total. The lowest BCUT2D eigenvalue weighted by Gasteiger charge is -2.28. The normalized spacial score (nSPS) is 21.5. The number of hydrogen-bond acceptors (Lipinski definition) is 5. The number of nitrogens with zero attached hydrogens (tertiary/aromatic N) is 2. The Balaban J connectivity index is 1.40. The summed E-state index contributed by atoms with van der Waals surface area (Å²) in [5, 5.41) is 0. The maximum absolute atomic E-state index is 13.2. The van der Waals surface area contributed by atoms with E-state index in [4.69, 9.17) is 15.2 Å². The van der Waals surface area contributed by atoms with Gasteiger partial charge in [-0.1, -0.05) is 12.1 Å². The van der Waals surface area contributed by atoms with Crippen LogP contribution < -0.4 is 5.73 Å². The number of nitrogens with two attached hydrogens (primary N) is 1. The Morgan fingerprint density at radius 2 is 1.97 bits per heavy atom. The fourth-order valence-corrected chi connectivity index (χ4v) is 4.26. The van der Waals surface area contributed by atoms with Crippen molar-refractivity contribution in [3.05, 3.63) is 78.6 Å². The Morgan fingerprint density at radius 3 is 2.69 bits per heavy atom. The van der Waals surface area contributed by atoms with Gasteiger partial charge in [0.2, 0.25) is 0 Å². The van der Waals surface area contributed by atoms with Crippen LogP contribution in [0.15, 0.2) is 72.1 Å². The highest BCUT2D eigenvalue weighted by atomic mass is 32.2. The average Bonchev–Trinajstić information content (AvgIpc) is 3.38. The topological polar surface area (TPSA) is 62.3 Å². The molecular formula is C22H24FN3O2S. The number of hydrogen-bond donors (Lipinski definition) is 1. The molecule has 152 valence electrons. The summed E-state index contributed by atoms with van der Waals surface area (Å²) in [7, 11) is 0. The second-order valence-electron chi connectivity index (χ2n) is 7.20. The highest BCUT2D eigenvalue weighted by molar-refractivity contribution is 7.99. The number of anilines is 1. The number of halogens is 1. The minimum absolute atomic E-state index is 0.00528. The number of ether oxygens (including phenoxy) is 2. The number of nitrogen functional groups attached to an aromatic ring is 1. The van der Waals surface area contributed by atoms with Crippen LogP contribution in [-0.2, 0) is 22.4 Å². The van der Waals surface area contributed by atoms with Gasteiger partial charge in [-0.2, -0.15) is 0 Å². The first-order valence-corrected chi connectivity index (χ1v) is 10.6. The van der Waals surface area contributed by atoms with Crippen LogP contribution in [0, 0.1) is 5.82 Å². The Hall–Kier alpha value is -2.35. The number of rotatable bonds is 8. The zero-order valence-corrected chi connectivity index (χ0v) is 16.9. The molecule has 0 radical (unpaired) electrons.